The van der Waals surface area contributed by atoms with Gasteiger partial charge in [-0.1, -0.05) is 5.16 Å². The number of aromatic carboxylic acids is 1. The fraction of sp³-hybridized carbons (Fsp3) is 0.387. The number of thioether (sulfide) groups is 1. The lowest BCUT2D eigenvalue weighted by Gasteiger charge is -2.50. The molecule has 3 aliphatic heterocycles. The number of anilines is 2. The first-order valence-electron chi connectivity index (χ1n) is 15.6. The molecule has 2 saturated heterocycles. The molecule has 4 aliphatic rings. The van der Waals surface area contributed by atoms with Crippen LogP contribution in [0.15, 0.2) is 44.9 Å². The van der Waals surface area contributed by atoms with Gasteiger partial charge in [-0.05, 0) is 30.5 Å². The van der Waals surface area contributed by atoms with Gasteiger partial charge in [0.25, 0.3) is 11.8 Å². The van der Waals surface area contributed by atoms with Crippen LogP contribution in [0.25, 0.3) is 10.9 Å². The summed E-state index contributed by atoms with van der Waals surface area (Å²) < 4.78 is 17.2. The largest absolute Gasteiger partial charge is 0.477 e. The number of nitrogens with one attached hydrogen (secondary N) is 1. The number of amides is 2. The molecule has 0 unspecified atom stereocenters. The summed E-state index contributed by atoms with van der Waals surface area (Å²) in [5, 5.41) is 27.2. The molecule has 3 fully saturated rings. The number of carbonyl (C=O) groups is 4. The van der Waals surface area contributed by atoms with E-state index in [4.69, 9.17) is 10.6 Å². The van der Waals surface area contributed by atoms with Crippen molar-refractivity contribution >= 4 is 74.3 Å². The Balaban J connectivity index is 1.04. The number of fused-ring (bicyclic) bond motifs is 2. The van der Waals surface area contributed by atoms with Gasteiger partial charge in [0.2, 0.25) is 5.43 Å². The standard InChI is InChI=1S/C31H31FN8O8S2/c1-48-36-22(19-13-50-31(33)34-19)26(42)35-23-27(43)40-24(30(46)47)14(12-49-28(23)40)10-37-4-6-38(7-5-37)21-9-20-16(8-18(21)32)25(41)17(29(44)45)11-39(20)15-2-3-15/h8-9,11,13,15,23,28H,2-7,10,12H2,1H3,(H2,33,34)(H,35,42)(H,44,45)(H,46,47)/b36-22-/t23-,28-/m1/s1. The first-order chi connectivity index (χ1) is 24.0. The van der Waals surface area contributed by atoms with Crippen molar-refractivity contribution in [3.8, 4) is 0 Å². The van der Waals surface area contributed by atoms with Crippen LogP contribution in [0.1, 0.15) is 34.9 Å². The molecule has 2 amide bonds. The SMILES string of the molecule is CO/N=C(\C(=O)N[C@@H]1C(=O)N2C(C(=O)O)=C(CN3CCN(c4cc5c(cc4F)c(=O)c(C(=O)O)cn5C4CC4)CC3)CS[C@H]12)c1csc(N)n1. The second-order valence-electron chi connectivity index (χ2n) is 12.2. The molecule has 50 heavy (non-hydrogen) atoms. The van der Waals surface area contributed by atoms with E-state index in [1.165, 1.54) is 35.3 Å². The van der Waals surface area contributed by atoms with E-state index in [0.29, 0.717) is 48.7 Å². The monoisotopic (exact) mass is 726 g/mol. The number of carboxylic acids is 2. The smallest absolute Gasteiger partial charge is 0.352 e. The Bertz CT molecular complexity index is 2070. The summed E-state index contributed by atoms with van der Waals surface area (Å²) in [6, 6.07) is 1.78. The summed E-state index contributed by atoms with van der Waals surface area (Å²) in [5.74, 6) is -4.23. The number of pyridine rings is 1. The maximum atomic E-state index is 15.5. The van der Waals surface area contributed by atoms with Gasteiger partial charge in [-0.2, -0.15) is 0 Å². The molecule has 1 aromatic carbocycles. The minimum Gasteiger partial charge on any atom is -0.477 e. The Morgan fingerprint density at radius 1 is 1.14 bits per heavy atom. The Labute approximate surface area is 290 Å². The topological polar surface area (TPSA) is 213 Å². The molecule has 0 bridgehead atoms. The maximum Gasteiger partial charge on any atom is 0.352 e. The molecule has 0 radical (unpaired) electrons. The zero-order valence-electron chi connectivity index (χ0n) is 26.5. The normalized spacial score (nSPS) is 21.2. The number of carboxylic acid groups (broad SMARTS) is 2. The third kappa shape index (κ3) is 5.94. The van der Waals surface area contributed by atoms with Crippen molar-refractivity contribution in [1.29, 1.82) is 0 Å². The number of nitrogens with zero attached hydrogens (tertiary/aromatic N) is 6. The van der Waals surface area contributed by atoms with Crippen molar-refractivity contribution < 1.29 is 38.6 Å². The van der Waals surface area contributed by atoms with Crippen molar-refractivity contribution in [3.05, 3.63) is 62.3 Å². The molecular formula is C31H31FN8O8S2. The van der Waals surface area contributed by atoms with Crippen molar-refractivity contribution in [1.82, 2.24) is 24.7 Å². The number of carbonyl (C=O) groups excluding carboxylic acids is 2. The highest BCUT2D eigenvalue weighted by molar-refractivity contribution is 8.00. The summed E-state index contributed by atoms with van der Waals surface area (Å²) in [6.07, 6.45) is 3.01. The van der Waals surface area contributed by atoms with Crippen LogP contribution in [0.4, 0.5) is 15.2 Å². The van der Waals surface area contributed by atoms with Crippen molar-refractivity contribution in [2.24, 2.45) is 5.16 Å². The average molecular weight is 727 g/mol. The van der Waals surface area contributed by atoms with Gasteiger partial charge in [-0.15, -0.1) is 23.1 Å². The number of aliphatic carboxylic acids is 1. The molecule has 0 spiro atoms. The van der Waals surface area contributed by atoms with E-state index in [1.807, 2.05) is 9.80 Å². The second-order valence-corrected chi connectivity index (χ2v) is 14.2. The quantitative estimate of drug-likeness (QED) is 0.131. The van der Waals surface area contributed by atoms with E-state index in [-0.39, 0.29) is 40.2 Å². The number of piperazine rings is 1. The van der Waals surface area contributed by atoms with Crippen LogP contribution < -0.4 is 21.4 Å². The highest BCUT2D eigenvalue weighted by Gasteiger charge is 2.54. The molecule has 262 valence electrons. The highest BCUT2D eigenvalue weighted by atomic mass is 32.2. The van der Waals surface area contributed by atoms with Gasteiger partial charge in [-0.3, -0.25) is 24.2 Å². The van der Waals surface area contributed by atoms with Gasteiger partial charge in [0.05, 0.1) is 11.2 Å². The number of hydrogen-bond acceptors (Lipinski definition) is 13. The predicted molar refractivity (Wildman–Crippen MR) is 182 cm³/mol. The summed E-state index contributed by atoms with van der Waals surface area (Å²) in [6.45, 7) is 2.00. The van der Waals surface area contributed by atoms with Gasteiger partial charge < -0.3 is 35.6 Å². The Morgan fingerprint density at radius 3 is 2.50 bits per heavy atom. The fourth-order valence-electron chi connectivity index (χ4n) is 6.53. The summed E-state index contributed by atoms with van der Waals surface area (Å²) in [4.78, 5) is 77.2. The number of nitrogen functional groups attached to an aromatic ring is 1. The van der Waals surface area contributed by atoms with Crippen LogP contribution in [0.5, 0.6) is 0 Å². The lowest BCUT2D eigenvalue weighted by Crippen LogP contribution is -2.71. The third-order valence-electron chi connectivity index (χ3n) is 9.10. The maximum absolute atomic E-state index is 15.5. The molecule has 5 N–H and O–H groups in total. The lowest BCUT2D eigenvalue weighted by molar-refractivity contribution is -0.150. The Hall–Kier alpha value is -5.01. The van der Waals surface area contributed by atoms with Crippen LogP contribution in [-0.4, -0.2) is 116 Å². The second kappa shape index (κ2) is 13.0. The van der Waals surface area contributed by atoms with E-state index in [1.54, 1.807) is 10.6 Å². The van der Waals surface area contributed by atoms with Gasteiger partial charge in [0.1, 0.15) is 41.3 Å². The number of hydrogen-bond donors (Lipinski definition) is 4. The number of nitrogens with two attached hydrogens (primary N) is 1. The Kier molecular flexibility index (Phi) is 8.73. The van der Waals surface area contributed by atoms with Gasteiger partial charge in [-0.25, -0.2) is 19.0 Å². The first kappa shape index (κ1) is 33.5. The zero-order valence-corrected chi connectivity index (χ0v) is 28.1. The van der Waals surface area contributed by atoms with E-state index in [2.05, 4.69) is 15.5 Å². The summed E-state index contributed by atoms with van der Waals surface area (Å²) in [5.41, 5.74) is 5.77. The number of oxime groups is 1. The van der Waals surface area contributed by atoms with Crippen molar-refractivity contribution in [2.45, 2.75) is 30.3 Å². The number of aromatic nitrogens is 2. The van der Waals surface area contributed by atoms with Crippen LogP contribution in [-0.2, 0) is 19.2 Å². The molecule has 2 atom stereocenters. The minimum atomic E-state index is -1.36. The molecule has 1 aliphatic carbocycles. The van der Waals surface area contributed by atoms with E-state index in [9.17, 15) is 34.2 Å². The summed E-state index contributed by atoms with van der Waals surface area (Å²) in [7, 11) is 1.26. The van der Waals surface area contributed by atoms with Crippen LogP contribution in [0, 0.1) is 5.82 Å². The number of thiazole rings is 1. The van der Waals surface area contributed by atoms with E-state index in [0.717, 1.165) is 30.2 Å². The summed E-state index contributed by atoms with van der Waals surface area (Å²) >= 11 is 2.44. The Morgan fingerprint density at radius 2 is 1.88 bits per heavy atom. The molecule has 3 aromatic rings. The minimum absolute atomic E-state index is 0.0217. The van der Waals surface area contributed by atoms with Crippen LogP contribution >= 0.6 is 23.1 Å². The molecule has 7 rings (SSSR count). The lowest BCUT2D eigenvalue weighted by atomic mass is 10.0. The van der Waals surface area contributed by atoms with Crippen LogP contribution in [0.3, 0.4) is 0 Å². The number of halogens is 1. The molecule has 19 heteroatoms. The van der Waals surface area contributed by atoms with Crippen molar-refractivity contribution in [3.63, 3.8) is 0 Å². The van der Waals surface area contributed by atoms with Gasteiger partial charge in [0, 0.05) is 61.5 Å². The fourth-order valence-corrected chi connectivity index (χ4v) is 8.41. The zero-order chi connectivity index (χ0) is 35.4. The molecule has 2 aromatic heterocycles. The van der Waals surface area contributed by atoms with Gasteiger partial charge in [0.15, 0.2) is 10.8 Å². The predicted octanol–water partition coefficient (Wildman–Crippen LogP) is 1.12. The number of benzene rings is 1. The van der Waals surface area contributed by atoms with E-state index < -0.39 is 52.0 Å². The molecule has 16 nitrogen and oxygen atoms in total. The number of rotatable bonds is 10. The van der Waals surface area contributed by atoms with Crippen molar-refractivity contribution in [2.75, 3.05) is 56.2 Å². The first-order valence-corrected chi connectivity index (χ1v) is 17.5. The van der Waals surface area contributed by atoms with E-state index >= 15 is 4.39 Å². The van der Waals surface area contributed by atoms with Crippen LogP contribution in [0.2, 0.25) is 0 Å². The molecule has 5 heterocycles. The van der Waals surface area contributed by atoms with Gasteiger partial charge >= 0.3 is 11.9 Å². The number of β-lactam (4-membered cyclic amide) rings is 1. The molecule has 1 saturated carbocycles. The molecular weight excluding hydrogens is 696 g/mol. The average Bonchev–Trinajstić information content (AvgIpc) is 3.85. The highest BCUT2D eigenvalue weighted by Crippen LogP contribution is 2.41. The third-order valence-corrected chi connectivity index (χ3v) is 11.1.